The van der Waals surface area contributed by atoms with E-state index in [1.54, 1.807) is 4.90 Å². The summed E-state index contributed by atoms with van der Waals surface area (Å²) in [4.78, 5) is 24.9. The number of nitrogens with one attached hydrogen (secondary N) is 1. The van der Waals surface area contributed by atoms with Gasteiger partial charge in [0.05, 0.1) is 11.3 Å². The Bertz CT molecular complexity index is 538. The van der Waals surface area contributed by atoms with Crippen LogP contribution in [0.3, 0.4) is 0 Å². The lowest BCUT2D eigenvalue weighted by Crippen LogP contribution is -2.41. The minimum absolute atomic E-state index is 0.0198. The lowest BCUT2D eigenvalue weighted by molar-refractivity contribution is 0.0696. The summed E-state index contributed by atoms with van der Waals surface area (Å²) in [6, 6.07) is 3.87. The molecule has 0 saturated heterocycles. The van der Waals surface area contributed by atoms with Gasteiger partial charge in [0, 0.05) is 12.6 Å². The molecule has 6 nitrogen and oxygen atoms in total. The van der Waals surface area contributed by atoms with Crippen LogP contribution in [0.15, 0.2) is 18.2 Å². The van der Waals surface area contributed by atoms with Gasteiger partial charge in [-0.1, -0.05) is 12.8 Å². The molecule has 0 atom stereocenters. The number of phenols is 1. The summed E-state index contributed by atoms with van der Waals surface area (Å²) in [7, 11) is 0. The van der Waals surface area contributed by atoms with Gasteiger partial charge in [0.25, 0.3) is 0 Å². The van der Waals surface area contributed by atoms with E-state index < -0.39 is 5.97 Å². The third-order valence-corrected chi connectivity index (χ3v) is 3.85. The molecule has 1 aromatic rings. The Labute approximate surface area is 123 Å². The summed E-state index contributed by atoms with van der Waals surface area (Å²) in [5, 5.41) is 21.3. The number of nitrogens with zero attached hydrogens (tertiary/aromatic N) is 1. The first-order valence-electron chi connectivity index (χ1n) is 7.17. The Kier molecular flexibility index (Phi) is 4.67. The maximum atomic E-state index is 12.3. The smallest absolute Gasteiger partial charge is 0.335 e. The fraction of sp³-hybridized carbons (Fsp3) is 0.467. The van der Waals surface area contributed by atoms with E-state index in [-0.39, 0.29) is 29.1 Å². The fourth-order valence-electron chi connectivity index (χ4n) is 2.74. The van der Waals surface area contributed by atoms with Crippen LogP contribution in [-0.4, -0.2) is 39.7 Å². The average Bonchev–Trinajstić information content (AvgIpc) is 2.95. The molecule has 1 aliphatic rings. The number of urea groups is 1. The maximum Gasteiger partial charge on any atom is 0.335 e. The number of carbonyl (C=O) groups is 2. The Morgan fingerprint density at radius 2 is 2.00 bits per heavy atom. The molecule has 6 heteroatoms. The van der Waals surface area contributed by atoms with E-state index in [4.69, 9.17) is 5.11 Å². The molecule has 1 aromatic carbocycles. The van der Waals surface area contributed by atoms with Crippen molar-refractivity contribution in [2.45, 2.75) is 38.6 Å². The van der Waals surface area contributed by atoms with Crippen LogP contribution in [0.1, 0.15) is 43.0 Å². The number of carboxylic acids is 1. The van der Waals surface area contributed by atoms with Crippen molar-refractivity contribution < 1.29 is 19.8 Å². The zero-order valence-corrected chi connectivity index (χ0v) is 12.0. The Morgan fingerprint density at radius 3 is 2.52 bits per heavy atom. The van der Waals surface area contributed by atoms with Gasteiger partial charge in [0.1, 0.15) is 5.75 Å². The molecular weight excluding hydrogens is 272 g/mol. The number of hydrogen-bond donors (Lipinski definition) is 3. The van der Waals surface area contributed by atoms with Gasteiger partial charge in [0.15, 0.2) is 0 Å². The van der Waals surface area contributed by atoms with Crippen molar-refractivity contribution in [1.29, 1.82) is 0 Å². The van der Waals surface area contributed by atoms with Crippen molar-refractivity contribution in [1.82, 2.24) is 4.90 Å². The molecule has 0 spiro atoms. The average molecular weight is 292 g/mol. The maximum absolute atomic E-state index is 12.3. The lowest BCUT2D eigenvalue weighted by Gasteiger charge is -2.27. The molecule has 1 aliphatic carbocycles. The van der Waals surface area contributed by atoms with Crippen LogP contribution in [0.2, 0.25) is 0 Å². The van der Waals surface area contributed by atoms with Crippen LogP contribution in [0, 0.1) is 0 Å². The molecule has 0 radical (unpaired) electrons. The Hall–Kier alpha value is -2.24. The van der Waals surface area contributed by atoms with Crippen LogP contribution >= 0.6 is 0 Å². The number of amides is 2. The number of aromatic carboxylic acids is 1. The van der Waals surface area contributed by atoms with Gasteiger partial charge >= 0.3 is 12.0 Å². The SMILES string of the molecule is CCN(C(=O)Nc1ccc(C(=O)O)cc1O)C1CCCC1. The fourth-order valence-corrected chi connectivity index (χ4v) is 2.74. The van der Waals surface area contributed by atoms with E-state index in [1.807, 2.05) is 6.92 Å². The number of carboxylic acid groups (broad SMARTS) is 1. The quantitative estimate of drug-likeness (QED) is 0.744. The van der Waals surface area contributed by atoms with Gasteiger partial charge < -0.3 is 20.4 Å². The molecule has 2 amide bonds. The molecule has 0 heterocycles. The highest BCUT2D eigenvalue weighted by Crippen LogP contribution is 2.27. The Morgan fingerprint density at radius 1 is 1.33 bits per heavy atom. The van der Waals surface area contributed by atoms with Crippen LogP contribution in [0.25, 0.3) is 0 Å². The summed E-state index contributed by atoms with van der Waals surface area (Å²) in [6.07, 6.45) is 4.27. The molecule has 2 rings (SSSR count). The monoisotopic (exact) mass is 292 g/mol. The van der Waals surface area contributed by atoms with Gasteiger partial charge in [-0.25, -0.2) is 9.59 Å². The molecule has 1 saturated carbocycles. The van der Waals surface area contributed by atoms with E-state index in [2.05, 4.69) is 5.32 Å². The Balaban J connectivity index is 2.09. The standard InChI is InChI=1S/C15H20N2O4/c1-2-17(11-5-3-4-6-11)15(21)16-12-8-7-10(14(19)20)9-13(12)18/h7-9,11,18H,2-6H2,1H3,(H,16,21)(H,19,20). The number of phenolic OH excluding ortho intramolecular Hbond substituents is 1. The first-order chi connectivity index (χ1) is 10.0. The molecule has 21 heavy (non-hydrogen) atoms. The number of anilines is 1. The topological polar surface area (TPSA) is 89.9 Å². The van der Waals surface area contributed by atoms with Crippen LogP contribution < -0.4 is 5.32 Å². The van der Waals surface area contributed by atoms with Gasteiger partial charge in [-0.15, -0.1) is 0 Å². The highest BCUT2D eigenvalue weighted by molar-refractivity contribution is 5.93. The summed E-state index contributed by atoms with van der Waals surface area (Å²) in [5.74, 6) is -1.37. The number of carbonyl (C=O) groups excluding carboxylic acids is 1. The van der Waals surface area contributed by atoms with Crippen molar-refractivity contribution in [2.75, 3.05) is 11.9 Å². The normalized spacial score (nSPS) is 14.9. The lowest BCUT2D eigenvalue weighted by atomic mass is 10.2. The molecule has 0 bridgehead atoms. The molecule has 114 valence electrons. The molecule has 1 fully saturated rings. The van der Waals surface area contributed by atoms with Gasteiger partial charge in [-0.05, 0) is 38.0 Å². The highest BCUT2D eigenvalue weighted by atomic mass is 16.4. The molecule has 0 unspecified atom stereocenters. The van der Waals surface area contributed by atoms with Crippen LogP contribution in [-0.2, 0) is 0 Å². The summed E-state index contributed by atoms with van der Waals surface area (Å²) < 4.78 is 0. The minimum Gasteiger partial charge on any atom is -0.506 e. The van der Waals surface area contributed by atoms with Crippen LogP contribution in [0.4, 0.5) is 10.5 Å². The number of aromatic hydroxyl groups is 1. The number of benzene rings is 1. The second-order valence-corrected chi connectivity index (χ2v) is 5.19. The first-order valence-corrected chi connectivity index (χ1v) is 7.17. The third kappa shape index (κ3) is 3.45. The minimum atomic E-state index is -1.12. The zero-order chi connectivity index (χ0) is 15.4. The van der Waals surface area contributed by atoms with E-state index in [0.29, 0.717) is 6.54 Å². The van der Waals surface area contributed by atoms with Crippen molar-refractivity contribution in [3.05, 3.63) is 23.8 Å². The summed E-state index contributed by atoms with van der Waals surface area (Å²) >= 11 is 0. The van der Waals surface area contributed by atoms with E-state index in [0.717, 1.165) is 31.7 Å². The summed E-state index contributed by atoms with van der Waals surface area (Å²) in [5.41, 5.74) is 0.204. The van der Waals surface area contributed by atoms with Crippen molar-refractivity contribution in [3.63, 3.8) is 0 Å². The summed E-state index contributed by atoms with van der Waals surface area (Å²) in [6.45, 7) is 2.52. The number of hydrogen-bond acceptors (Lipinski definition) is 3. The van der Waals surface area contributed by atoms with Crippen molar-refractivity contribution in [3.8, 4) is 5.75 Å². The van der Waals surface area contributed by atoms with Crippen LogP contribution in [0.5, 0.6) is 5.75 Å². The second kappa shape index (κ2) is 6.47. The van der Waals surface area contributed by atoms with Gasteiger partial charge in [-0.2, -0.15) is 0 Å². The predicted molar refractivity (Wildman–Crippen MR) is 78.7 cm³/mol. The predicted octanol–water partition coefficient (Wildman–Crippen LogP) is 2.89. The first kappa shape index (κ1) is 15.2. The van der Waals surface area contributed by atoms with Gasteiger partial charge in [0.2, 0.25) is 0 Å². The van der Waals surface area contributed by atoms with Crippen molar-refractivity contribution >= 4 is 17.7 Å². The molecular formula is C15H20N2O4. The molecule has 0 aromatic heterocycles. The van der Waals surface area contributed by atoms with Crippen molar-refractivity contribution in [2.24, 2.45) is 0 Å². The number of rotatable bonds is 4. The highest BCUT2D eigenvalue weighted by Gasteiger charge is 2.25. The zero-order valence-electron chi connectivity index (χ0n) is 12.0. The molecule has 0 aliphatic heterocycles. The van der Waals surface area contributed by atoms with E-state index in [1.165, 1.54) is 12.1 Å². The molecule has 3 N–H and O–H groups in total. The van der Waals surface area contributed by atoms with Gasteiger partial charge in [-0.3, -0.25) is 0 Å². The largest absolute Gasteiger partial charge is 0.506 e. The second-order valence-electron chi connectivity index (χ2n) is 5.19. The van der Waals surface area contributed by atoms with E-state index >= 15 is 0 Å². The van der Waals surface area contributed by atoms with E-state index in [9.17, 15) is 14.7 Å². The third-order valence-electron chi connectivity index (χ3n) is 3.85.